The van der Waals surface area contributed by atoms with Crippen LogP contribution in [0.3, 0.4) is 0 Å². The van der Waals surface area contributed by atoms with Gasteiger partial charge in [0.25, 0.3) is 5.91 Å². The number of benzene rings is 2. The highest BCUT2D eigenvalue weighted by Gasteiger charge is 2.59. The number of carboxylic acids is 2. The number of aliphatic imine (C=N–C) groups is 1. The first-order valence-electron chi connectivity index (χ1n) is 17.5. The smallest absolute Gasteiger partial charge is 0.326 e. The van der Waals surface area contributed by atoms with Crippen molar-refractivity contribution in [1.82, 2.24) is 26.3 Å². The lowest BCUT2D eigenvalue weighted by molar-refractivity contribution is -0.539. The van der Waals surface area contributed by atoms with Crippen LogP contribution in [0.1, 0.15) is 58.1 Å². The second-order valence-electron chi connectivity index (χ2n) is 13.9. The summed E-state index contributed by atoms with van der Waals surface area (Å²) in [6, 6.07) is 9.97. The van der Waals surface area contributed by atoms with Crippen molar-refractivity contribution in [2.24, 2.45) is 16.5 Å². The van der Waals surface area contributed by atoms with Gasteiger partial charge in [0, 0.05) is 18.2 Å². The SMILES string of the molecule is CC1(C)N([O])C(c2ccc(OCC(=O)N[C@@H](CCCN=C(N)N)C(=O)NCC(=O)N[C@@H](CC(=O)O)C(=O)N[C@@H](Cc3ccccc3)C(=O)O)cc2)=[N+]([O-])C1(C)C. The lowest BCUT2D eigenvalue weighted by Gasteiger charge is -2.32. The Morgan fingerprint density at radius 3 is 2.05 bits per heavy atom. The highest BCUT2D eigenvalue weighted by atomic mass is 16.5. The van der Waals surface area contributed by atoms with Crippen LogP contribution >= 0.6 is 0 Å². The van der Waals surface area contributed by atoms with Crippen LogP contribution < -0.4 is 37.5 Å². The van der Waals surface area contributed by atoms with Crippen molar-refractivity contribution < 1.29 is 53.7 Å². The van der Waals surface area contributed by atoms with E-state index in [0.29, 0.717) is 20.9 Å². The number of amidine groups is 1. The predicted octanol–water partition coefficient (Wildman–Crippen LogP) is -1.03. The molecule has 0 fully saturated rings. The van der Waals surface area contributed by atoms with Gasteiger partial charge in [0.05, 0.1) is 18.5 Å². The van der Waals surface area contributed by atoms with Gasteiger partial charge < -0.3 is 52.9 Å². The first-order chi connectivity index (χ1) is 26.2. The Morgan fingerprint density at radius 2 is 1.50 bits per heavy atom. The minimum absolute atomic E-state index is 0.00933. The normalized spacial score (nSPS) is 15.8. The first kappa shape index (κ1) is 44.0. The number of nitrogens with zero attached hydrogens (tertiary/aromatic N) is 3. The number of carbonyl (C=O) groups is 6. The van der Waals surface area contributed by atoms with Gasteiger partial charge in [-0.2, -0.15) is 0 Å². The molecule has 1 heterocycles. The summed E-state index contributed by atoms with van der Waals surface area (Å²) < 4.78 is 6.22. The van der Waals surface area contributed by atoms with Gasteiger partial charge in [-0.05, 0) is 70.4 Å². The summed E-state index contributed by atoms with van der Waals surface area (Å²) >= 11 is 0. The summed E-state index contributed by atoms with van der Waals surface area (Å²) in [5.74, 6) is -6.48. The van der Waals surface area contributed by atoms with Crippen molar-refractivity contribution in [1.29, 1.82) is 0 Å². The van der Waals surface area contributed by atoms with E-state index >= 15 is 0 Å². The summed E-state index contributed by atoms with van der Waals surface area (Å²) in [6.07, 6.45) is -0.771. The Balaban J connectivity index is 1.61. The fraction of sp³-hybridized carbons (Fsp3) is 0.444. The van der Waals surface area contributed by atoms with Gasteiger partial charge in [-0.1, -0.05) is 35.4 Å². The van der Waals surface area contributed by atoms with E-state index < -0.39 is 84.3 Å². The second kappa shape index (κ2) is 19.2. The second-order valence-corrected chi connectivity index (χ2v) is 13.9. The van der Waals surface area contributed by atoms with Crippen molar-refractivity contribution in [2.45, 2.75) is 82.6 Å². The third-order valence-electron chi connectivity index (χ3n) is 9.33. The molecule has 0 saturated heterocycles. The van der Waals surface area contributed by atoms with Crippen molar-refractivity contribution in [2.75, 3.05) is 19.7 Å². The molecule has 3 atom stereocenters. The molecule has 303 valence electrons. The summed E-state index contributed by atoms with van der Waals surface area (Å²) in [6.45, 7) is 5.49. The minimum atomic E-state index is -1.69. The molecule has 0 aromatic heterocycles. The fourth-order valence-electron chi connectivity index (χ4n) is 5.44. The largest absolute Gasteiger partial charge is 0.714 e. The molecule has 0 unspecified atom stereocenters. The van der Waals surface area contributed by atoms with Crippen LogP contribution in [-0.4, -0.2) is 116 Å². The van der Waals surface area contributed by atoms with Crippen LogP contribution in [0.2, 0.25) is 0 Å². The van der Waals surface area contributed by atoms with E-state index in [4.69, 9.17) is 16.2 Å². The van der Waals surface area contributed by atoms with E-state index in [-0.39, 0.29) is 43.4 Å². The molecule has 20 nitrogen and oxygen atoms in total. The monoisotopic (exact) mass is 782 g/mol. The molecule has 56 heavy (non-hydrogen) atoms. The highest BCUT2D eigenvalue weighted by molar-refractivity contribution is 5.96. The van der Waals surface area contributed by atoms with Gasteiger partial charge in [0.1, 0.15) is 29.4 Å². The number of carboxylic acid groups (broad SMARTS) is 2. The Bertz CT molecular complexity index is 1810. The molecule has 2 aromatic rings. The van der Waals surface area contributed by atoms with E-state index in [1.807, 2.05) is 0 Å². The maximum atomic E-state index is 13.2. The number of hydrogen-bond donors (Lipinski definition) is 8. The lowest BCUT2D eigenvalue weighted by Crippen LogP contribution is -2.55. The van der Waals surface area contributed by atoms with Gasteiger partial charge in [0.15, 0.2) is 18.1 Å². The van der Waals surface area contributed by atoms with Crippen LogP contribution in [0.15, 0.2) is 59.6 Å². The summed E-state index contributed by atoms with van der Waals surface area (Å²) in [4.78, 5) is 78.9. The molecule has 10 N–H and O–H groups in total. The molecular weight excluding hydrogens is 734 g/mol. The zero-order valence-corrected chi connectivity index (χ0v) is 31.4. The molecule has 3 rings (SSSR count). The molecule has 0 spiro atoms. The van der Waals surface area contributed by atoms with Crippen molar-refractivity contribution in [3.8, 4) is 5.75 Å². The highest BCUT2D eigenvalue weighted by Crippen LogP contribution is 2.37. The summed E-state index contributed by atoms with van der Waals surface area (Å²) in [7, 11) is 0. The lowest BCUT2D eigenvalue weighted by atomic mass is 9.84. The number of ether oxygens (including phenoxy) is 1. The predicted molar refractivity (Wildman–Crippen MR) is 199 cm³/mol. The van der Waals surface area contributed by atoms with Crippen LogP contribution in [0.25, 0.3) is 0 Å². The van der Waals surface area contributed by atoms with Gasteiger partial charge in [-0.25, -0.2) is 4.79 Å². The van der Waals surface area contributed by atoms with Gasteiger partial charge in [0.2, 0.25) is 17.7 Å². The topological polar surface area (TPSA) is 314 Å². The minimum Gasteiger partial charge on any atom is -0.714 e. The molecule has 0 bridgehead atoms. The summed E-state index contributed by atoms with van der Waals surface area (Å²) in [5.41, 5.74) is 9.63. The van der Waals surface area contributed by atoms with E-state index in [1.165, 1.54) is 24.3 Å². The molecule has 4 amide bonds. The molecule has 20 heteroatoms. The molecule has 0 saturated carbocycles. The standard InChI is InChI=1S/C36H48N9O11/c1-35(2)36(3,4)45(55)32(44(35)54)22-12-14-23(15-13-22)56-20-28(47)41-24(11-8-16-39-34(37)38)30(50)40-19-27(46)42-25(18-29(48)49)31(51)43-26(33(52)53)17-21-9-6-5-7-10-21/h5-7,9-10,12-15,24-26H,8,11,16-20H2,1-4H3,(H,40,50)(H,41,47)(H,42,46)(H,43,51)(H,48,49)(H,52,53)(H4,37,38,39)/t24-,25-,26-/m0/s1. The molecule has 2 aromatic carbocycles. The number of rotatable bonds is 20. The zero-order valence-electron chi connectivity index (χ0n) is 31.4. The fourth-order valence-corrected chi connectivity index (χ4v) is 5.44. The van der Waals surface area contributed by atoms with Crippen molar-refractivity contribution in [3.05, 3.63) is 70.9 Å². The Hall–Kier alpha value is -6.44. The van der Waals surface area contributed by atoms with Gasteiger partial charge >= 0.3 is 17.8 Å². The van der Waals surface area contributed by atoms with Crippen LogP contribution in [0.4, 0.5) is 0 Å². The number of amides is 4. The molecule has 1 radical (unpaired) electrons. The maximum absolute atomic E-state index is 13.2. The van der Waals surface area contributed by atoms with Crippen LogP contribution in [-0.2, 0) is 40.4 Å². The molecule has 1 aliphatic rings. The number of guanidine groups is 1. The quantitative estimate of drug-likeness (QED) is 0.0262. The number of aliphatic carboxylic acids is 2. The van der Waals surface area contributed by atoms with Crippen LogP contribution in [0, 0.1) is 5.21 Å². The van der Waals surface area contributed by atoms with E-state index in [9.17, 15) is 49.4 Å². The number of nitrogens with one attached hydrogen (secondary N) is 4. The summed E-state index contributed by atoms with van der Waals surface area (Å²) in [5, 5.41) is 54.8. The average Bonchev–Trinajstić information content (AvgIpc) is 3.25. The van der Waals surface area contributed by atoms with E-state index in [2.05, 4.69) is 26.3 Å². The molecule has 1 aliphatic heterocycles. The molecular formula is C36H48N9O11. The van der Waals surface area contributed by atoms with Crippen LogP contribution in [0.5, 0.6) is 5.75 Å². The third kappa shape index (κ3) is 11.8. The first-order valence-corrected chi connectivity index (χ1v) is 17.5. The van der Waals surface area contributed by atoms with Gasteiger partial charge in [-0.15, -0.1) is 0 Å². The van der Waals surface area contributed by atoms with E-state index in [0.717, 1.165) is 0 Å². The number of hydroxylamine groups is 3. The maximum Gasteiger partial charge on any atom is 0.326 e. The Labute approximate surface area is 322 Å². The number of hydrogen-bond acceptors (Lipinski definition) is 10. The van der Waals surface area contributed by atoms with Gasteiger partial charge in [-0.3, -0.25) is 33.7 Å². The number of carbonyl (C=O) groups excluding carboxylic acids is 4. The van der Waals surface area contributed by atoms with E-state index in [1.54, 1.807) is 58.0 Å². The van der Waals surface area contributed by atoms with Crippen molar-refractivity contribution in [3.63, 3.8) is 0 Å². The third-order valence-corrected chi connectivity index (χ3v) is 9.33. The van der Waals surface area contributed by atoms with Crippen molar-refractivity contribution >= 4 is 47.4 Å². The zero-order chi connectivity index (χ0) is 41.8. The average molecular weight is 783 g/mol. The number of nitrogens with two attached hydrogens (primary N) is 2. The Kier molecular flexibility index (Phi) is 15.1. The molecule has 0 aliphatic carbocycles. The Morgan fingerprint density at radius 1 is 0.875 bits per heavy atom.